The lowest BCUT2D eigenvalue weighted by atomic mass is 10.0. The van der Waals surface area contributed by atoms with Crippen molar-refractivity contribution in [2.75, 3.05) is 18.4 Å². The second-order valence-corrected chi connectivity index (χ2v) is 7.97. The SMILES string of the molecule is O=C(NCCc1ccccc1F)c1c([N+](=O)[O-])c(NCCc2ccccc2F)nc2ccc(F)cc12. The summed E-state index contributed by atoms with van der Waals surface area (Å²) in [5.74, 6) is -2.57. The minimum absolute atomic E-state index is 0.00784. The van der Waals surface area contributed by atoms with Crippen LogP contribution in [0.2, 0.25) is 0 Å². The molecule has 0 unspecified atom stereocenters. The van der Waals surface area contributed by atoms with Crippen molar-refractivity contribution in [1.82, 2.24) is 10.3 Å². The number of carbonyl (C=O) groups excluding carboxylic acids is 1. The number of pyridine rings is 1. The van der Waals surface area contributed by atoms with E-state index in [1.807, 2.05) is 0 Å². The van der Waals surface area contributed by atoms with Gasteiger partial charge in [0.25, 0.3) is 5.91 Å². The van der Waals surface area contributed by atoms with Gasteiger partial charge in [-0.05, 0) is 54.3 Å². The molecule has 0 bridgehead atoms. The summed E-state index contributed by atoms with van der Waals surface area (Å²) in [6.07, 6.45) is 0.356. The average molecular weight is 494 g/mol. The molecule has 10 heteroatoms. The molecule has 4 rings (SSSR count). The molecule has 0 aliphatic rings. The van der Waals surface area contributed by atoms with E-state index in [0.717, 1.165) is 12.1 Å². The third-order valence-electron chi connectivity index (χ3n) is 5.61. The van der Waals surface area contributed by atoms with E-state index in [1.54, 1.807) is 36.4 Å². The van der Waals surface area contributed by atoms with Crippen LogP contribution in [-0.2, 0) is 12.8 Å². The van der Waals surface area contributed by atoms with E-state index in [0.29, 0.717) is 11.1 Å². The van der Waals surface area contributed by atoms with E-state index in [2.05, 4.69) is 15.6 Å². The van der Waals surface area contributed by atoms with Crippen molar-refractivity contribution in [3.05, 3.63) is 111 Å². The monoisotopic (exact) mass is 494 g/mol. The summed E-state index contributed by atoms with van der Waals surface area (Å²) in [5.41, 5.74) is -0.0684. The lowest BCUT2D eigenvalue weighted by Crippen LogP contribution is -2.27. The number of hydrogen-bond acceptors (Lipinski definition) is 5. The van der Waals surface area contributed by atoms with E-state index >= 15 is 0 Å². The standard InChI is InChI=1S/C26H21F3N4O3/c27-18-9-10-22-19(15-18)23(26(34)31-14-12-17-6-2-4-8-21(17)29)24(33(35)36)25(32-22)30-13-11-16-5-1-3-7-20(16)28/h1-10,15H,11-14H2,(H,30,32)(H,31,34). The minimum Gasteiger partial charge on any atom is -0.364 e. The molecular formula is C26H21F3N4O3. The van der Waals surface area contributed by atoms with Gasteiger partial charge in [0.2, 0.25) is 5.82 Å². The number of rotatable bonds is 9. The topological polar surface area (TPSA) is 97.2 Å². The predicted octanol–water partition coefficient (Wildman–Crippen LogP) is 5.19. The van der Waals surface area contributed by atoms with Gasteiger partial charge in [-0.25, -0.2) is 18.2 Å². The Balaban J connectivity index is 1.64. The first kappa shape index (κ1) is 24.6. The minimum atomic E-state index is -0.826. The fourth-order valence-electron chi connectivity index (χ4n) is 3.87. The maximum Gasteiger partial charge on any atom is 0.324 e. The summed E-state index contributed by atoms with van der Waals surface area (Å²) in [6, 6.07) is 15.6. The van der Waals surface area contributed by atoms with Crippen molar-refractivity contribution in [2.24, 2.45) is 0 Å². The number of amides is 1. The average Bonchev–Trinajstić information content (AvgIpc) is 2.85. The van der Waals surface area contributed by atoms with E-state index in [1.165, 1.54) is 18.2 Å². The number of fused-ring (bicyclic) bond motifs is 1. The molecular weight excluding hydrogens is 473 g/mol. The molecule has 7 nitrogen and oxygen atoms in total. The number of hydrogen-bond donors (Lipinski definition) is 2. The Morgan fingerprint density at radius 1 is 0.889 bits per heavy atom. The summed E-state index contributed by atoms with van der Waals surface area (Å²) in [6.45, 7) is 0.0852. The van der Waals surface area contributed by atoms with Crippen molar-refractivity contribution in [1.29, 1.82) is 0 Å². The maximum atomic E-state index is 14.0. The predicted molar refractivity (Wildman–Crippen MR) is 129 cm³/mol. The maximum absolute atomic E-state index is 14.0. The Kier molecular flexibility index (Phi) is 7.43. The van der Waals surface area contributed by atoms with Crippen LogP contribution in [-0.4, -0.2) is 28.9 Å². The molecule has 1 aromatic heterocycles. The molecule has 0 spiro atoms. The van der Waals surface area contributed by atoms with Crippen LogP contribution in [0.3, 0.4) is 0 Å². The van der Waals surface area contributed by atoms with Gasteiger partial charge in [0.1, 0.15) is 23.0 Å². The first-order valence-corrected chi connectivity index (χ1v) is 11.1. The summed E-state index contributed by atoms with van der Waals surface area (Å²) in [5, 5.41) is 17.4. The fraction of sp³-hybridized carbons (Fsp3) is 0.154. The summed E-state index contributed by atoms with van der Waals surface area (Å²) < 4.78 is 41.9. The van der Waals surface area contributed by atoms with E-state index in [9.17, 15) is 28.1 Å². The molecule has 0 radical (unpaired) electrons. The Hall–Kier alpha value is -4.47. The van der Waals surface area contributed by atoms with Gasteiger partial charge in [-0.1, -0.05) is 36.4 Å². The Labute approximate surface area is 204 Å². The molecule has 36 heavy (non-hydrogen) atoms. The number of nitro groups is 1. The normalized spacial score (nSPS) is 10.9. The highest BCUT2D eigenvalue weighted by molar-refractivity contribution is 6.11. The molecule has 0 saturated heterocycles. The zero-order valence-electron chi connectivity index (χ0n) is 18.9. The van der Waals surface area contributed by atoms with Crippen molar-refractivity contribution >= 4 is 28.3 Å². The van der Waals surface area contributed by atoms with Crippen LogP contribution in [0.25, 0.3) is 10.9 Å². The largest absolute Gasteiger partial charge is 0.364 e. The molecule has 3 aromatic carbocycles. The smallest absolute Gasteiger partial charge is 0.324 e. The van der Waals surface area contributed by atoms with E-state index in [-0.39, 0.29) is 48.2 Å². The molecule has 1 amide bonds. The van der Waals surface area contributed by atoms with Gasteiger partial charge in [0.15, 0.2) is 0 Å². The molecule has 184 valence electrons. The Bertz CT molecular complexity index is 1450. The molecule has 0 atom stereocenters. The van der Waals surface area contributed by atoms with Gasteiger partial charge >= 0.3 is 5.69 Å². The van der Waals surface area contributed by atoms with Crippen molar-refractivity contribution in [3.8, 4) is 0 Å². The lowest BCUT2D eigenvalue weighted by Gasteiger charge is -2.13. The fourth-order valence-corrected chi connectivity index (χ4v) is 3.87. The van der Waals surface area contributed by atoms with E-state index in [4.69, 9.17) is 0 Å². The number of aromatic nitrogens is 1. The molecule has 1 heterocycles. The second kappa shape index (κ2) is 10.9. The van der Waals surface area contributed by atoms with Crippen molar-refractivity contribution in [3.63, 3.8) is 0 Å². The molecule has 0 saturated carbocycles. The molecule has 4 aromatic rings. The number of nitrogens with one attached hydrogen (secondary N) is 2. The highest BCUT2D eigenvalue weighted by Gasteiger charge is 2.29. The van der Waals surface area contributed by atoms with Crippen LogP contribution in [0.15, 0.2) is 66.7 Å². The van der Waals surface area contributed by atoms with Gasteiger partial charge in [-0.2, -0.15) is 0 Å². The van der Waals surface area contributed by atoms with Gasteiger partial charge in [0, 0.05) is 18.5 Å². The number of halogens is 3. The van der Waals surface area contributed by atoms with Crippen LogP contribution in [0, 0.1) is 27.6 Å². The van der Waals surface area contributed by atoms with Gasteiger partial charge < -0.3 is 10.6 Å². The second-order valence-electron chi connectivity index (χ2n) is 7.97. The summed E-state index contributed by atoms with van der Waals surface area (Å²) in [4.78, 5) is 28.6. The quantitative estimate of drug-likeness (QED) is 0.247. The highest BCUT2D eigenvalue weighted by Crippen LogP contribution is 2.33. The van der Waals surface area contributed by atoms with Crippen LogP contribution < -0.4 is 10.6 Å². The third-order valence-corrected chi connectivity index (χ3v) is 5.61. The van der Waals surface area contributed by atoms with E-state index < -0.39 is 34.0 Å². The highest BCUT2D eigenvalue weighted by atomic mass is 19.1. The number of benzene rings is 3. The summed E-state index contributed by atoms with van der Waals surface area (Å²) in [7, 11) is 0. The van der Waals surface area contributed by atoms with Crippen molar-refractivity contribution < 1.29 is 22.9 Å². The van der Waals surface area contributed by atoms with Crippen LogP contribution >= 0.6 is 0 Å². The van der Waals surface area contributed by atoms with Crippen LogP contribution in [0.5, 0.6) is 0 Å². The summed E-state index contributed by atoms with van der Waals surface area (Å²) >= 11 is 0. The molecule has 0 aliphatic carbocycles. The first-order chi connectivity index (χ1) is 17.3. The lowest BCUT2D eigenvalue weighted by molar-refractivity contribution is -0.384. The van der Waals surface area contributed by atoms with Gasteiger partial charge in [-0.3, -0.25) is 14.9 Å². The number of anilines is 1. The first-order valence-electron chi connectivity index (χ1n) is 11.1. The van der Waals surface area contributed by atoms with Gasteiger partial charge in [-0.15, -0.1) is 0 Å². The number of nitrogens with zero attached hydrogens (tertiary/aromatic N) is 2. The zero-order valence-corrected chi connectivity index (χ0v) is 18.9. The Morgan fingerprint density at radius 3 is 2.11 bits per heavy atom. The molecule has 0 aliphatic heterocycles. The van der Waals surface area contributed by atoms with Crippen LogP contribution in [0.1, 0.15) is 21.5 Å². The zero-order chi connectivity index (χ0) is 25.7. The van der Waals surface area contributed by atoms with Crippen LogP contribution in [0.4, 0.5) is 24.7 Å². The number of carbonyl (C=O) groups is 1. The third kappa shape index (κ3) is 5.43. The molecule has 0 fully saturated rings. The van der Waals surface area contributed by atoms with Gasteiger partial charge in [0.05, 0.1) is 10.4 Å². The Morgan fingerprint density at radius 2 is 1.50 bits per heavy atom. The molecule has 2 N–H and O–H groups in total. The van der Waals surface area contributed by atoms with Crippen molar-refractivity contribution in [2.45, 2.75) is 12.8 Å².